The minimum Gasteiger partial charge on any atom is -0.741 e. The number of nitrogens with zero attached hydrogens (tertiary/aromatic N) is 1. The number of aromatic amines is 1. The molecule has 0 aliphatic rings. The highest BCUT2D eigenvalue weighted by Gasteiger charge is 2.36. The molecule has 0 bridgehead atoms. The van der Waals surface area contributed by atoms with Gasteiger partial charge in [-0.05, 0) is 24.3 Å². The van der Waals surface area contributed by atoms with Crippen molar-refractivity contribution in [3.05, 3.63) is 53.6 Å². The van der Waals surface area contributed by atoms with Crippen LogP contribution in [0.4, 0.5) is 13.2 Å². The molecule has 4 rings (SSSR count). The highest BCUT2D eigenvalue weighted by molar-refractivity contribution is 7.86. The van der Waals surface area contributed by atoms with Crippen LogP contribution in [-0.4, -0.2) is 23.5 Å². The van der Waals surface area contributed by atoms with Gasteiger partial charge < -0.3 is 9.54 Å². The van der Waals surface area contributed by atoms with Gasteiger partial charge in [-0.2, -0.15) is 17.7 Å². The number of aromatic nitrogens is 2. The monoisotopic (exact) mass is 416 g/mol. The molecule has 1 N–H and O–H groups in total. The third-order valence-corrected chi connectivity index (χ3v) is 4.90. The van der Waals surface area contributed by atoms with Gasteiger partial charge in [0.05, 0.1) is 21.3 Å². The number of hydrogen-bond acceptors (Lipinski definition) is 3. The molecule has 0 amide bonds. The number of hydrogen-bond donors (Lipinski definition) is 1. The average Bonchev–Trinajstić information content (AvgIpc) is 2.93. The molecule has 0 unspecified atom stereocenters. The van der Waals surface area contributed by atoms with Gasteiger partial charge >= 0.3 is 5.51 Å². The number of alkyl halides is 3. The molecule has 0 aliphatic carbocycles. The predicted molar refractivity (Wildman–Crippen MR) is 95.2 cm³/mol. The Bertz CT molecular complexity index is 1270. The van der Waals surface area contributed by atoms with E-state index in [0.717, 1.165) is 27.0 Å². The van der Waals surface area contributed by atoms with Crippen LogP contribution < -0.4 is 4.57 Å². The first-order chi connectivity index (χ1) is 12.5. The summed E-state index contributed by atoms with van der Waals surface area (Å²) in [5, 5.41) is 3.10. The fourth-order valence-electron chi connectivity index (χ4n) is 2.84. The summed E-state index contributed by atoms with van der Waals surface area (Å²) in [5.41, 5.74) is -1.02. The lowest BCUT2D eigenvalue weighted by atomic mass is 10.1. The quantitative estimate of drug-likeness (QED) is 0.267. The Labute approximate surface area is 156 Å². The van der Waals surface area contributed by atoms with E-state index in [2.05, 4.69) is 46.9 Å². The molecule has 2 heterocycles. The van der Waals surface area contributed by atoms with Crippen LogP contribution in [0.5, 0.6) is 0 Å². The van der Waals surface area contributed by atoms with E-state index in [1.54, 1.807) is 0 Å². The van der Waals surface area contributed by atoms with Crippen molar-refractivity contribution in [2.24, 2.45) is 7.05 Å². The number of H-pyrrole nitrogens is 1. The number of pyridine rings is 1. The zero-order valence-electron chi connectivity index (χ0n) is 13.7. The number of para-hydroxylation sites is 1. The van der Waals surface area contributed by atoms with Crippen LogP contribution in [0.15, 0.2) is 48.5 Å². The summed E-state index contributed by atoms with van der Waals surface area (Å²) in [4.78, 5) is 3.46. The molecule has 10 heteroatoms. The second-order valence-electron chi connectivity index (χ2n) is 5.71. The number of benzene rings is 2. The first-order valence-electron chi connectivity index (χ1n) is 7.50. The first kappa shape index (κ1) is 19.4. The number of halogens is 4. The molecule has 27 heavy (non-hydrogen) atoms. The highest BCUT2D eigenvalue weighted by atomic mass is 35.5. The van der Waals surface area contributed by atoms with E-state index in [-0.39, 0.29) is 0 Å². The third kappa shape index (κ3) is 3.58. The SMILES string of the molecule is C[n+]1c2cccc(Cl)c2cc2[nH]c3ccccc3c21.O=S(=O)([O-])C(F)(F)F. The van der Waals surface area contributed by atoms with Gasteiger partial charge in [0, 0.05) is 6.07 Å². The zero-order valence-corrected chi connectivity index (χ0v) is 15.3. The molecule has 0 saturated heterocycles. The normalized spacial score (nSPS) is 12.4. The molecular weight excluding hydrogens is 405 g/mol. The van der Waals surface area contributed by atoms with Gasteiger partial charge in [-0.1, -0.05) is 29.8 Å². The maximum absolute atomic E-state index is 10.7. The third-order valence-electron chi connectivity index (χ3n) is 4.01. The molecule has 0 aliphatic heterocycles. The second-order valence-corrected chi connectivity index (χ2v) is 7.49. The summed E-state index contributed by atoms with van der Waals surface area (Å²) in [7, 11) is -4.01. The van der Waals surface area contributed by atoms with Gasteiger partial charge in [0.15, 0.2) is 10.1 Å². The minimum absolute atomic E-state index is 0.786. The van der Waals surface area contributed by atoms with Crippen molar-refractivity contribution in [1.82, 2.24) is 4.98 Å². The van der Waals surface area contributed by atoms with Gasteiger partial charge in [-0.25, -0.2) is 8.42 Å². The maximum Gasteiger partial charge on any atom is 0.485 e. The molecule has 5 nitrogen and oxygen atoms in total. The number of aryl methyl sites for hydroxylation is 1. The molecule has 0 atom stereocenters. The van der Waals surface area contributed by atoms with E-state index in [1.807, 2.05) is 18.2 Å². The Morgan fingerprint density at radius 1 is 1.04 bits per heavy atom. The Balaban J connectivity index is 0.000000226. The standard InChI is InChI=1S/C16H11ClN2.CHF3O3S/c1-19-15-8-4-6-12(17)11(15)9-14-16(19)10-5-2-3-7-13(10)18-14;2-1(3,4)8(5,6)7/h2-9H,1H3;(H,5,6,7). The largest absolute Gasteiger partial charge is 0.741 e. The first-order valence-corrected chi connectivity index (χ1v) is 9.29. The Morgan fingerprint density at radius 2 is 1.67 bits per heavy atom. The van der Waals surface area contributed by atoms with Gasteiger partial charge in [0.2, 0.25) is 11.0 Å². The van der Waals surface area contributed by atoms with E-state index in [0.29, 0.717) is 0 Å². The van der Waals surface area contributed by atoms with E-state index in [1.165, 1.54) is 10.9 Å². The zero-order chi connectivity index (χ0) is 20.0. The molecule has 2 aromatic heterocycles. The molecule has 0 saturated carbocycles. The number of fused-ring (bicyclic) bond motifs is 4. The van der Waals surface area contributed by atoms with Crippen molar-refractivity contribution in [2.75, 3.05) is 0 Å². The number of rotatable bonds is 0. The van der Waals surface area contributed by atoms with Crippen molar-refractivity contribution in [1.29, 1.82) is 0 Å². The average molecular weight is 417 g/mol. The van der Waals surface area contributed by atoms with Crippen molar-refractivity contribution < 1.29 is 30.7 Å². The molecule has 4 aromatic rings. The van der Waals surface area contributed by atoms with Crippen molar-refractivity contribution in [3.63, 3.8) is 0 Å². The highest BCUT2D eigenvalue weighted by Crippen LogP contribution is 2.28. The molecule has 2 aromatic carbocycles. The van der Waals surface area contributed by atoms with E-state index in [9.17, 15) is 13.2 Å². The van der Waals surface area contributed by atoms with Crippen LogP contribution in [0.25, 0.3) is 32.8 Å². The fourth-order valence-corrected chi connectivity index (χ4v) is 3.06. The van der Waals surface area contributed by atoms with Crippen LogP contribution in [0.2, 0.25) is 5.02 Å². The summed E-state index contributed by atoms with van der Waals surface area (Å²) >= 11 is 6.30. The van der Waals surface area contributed by atoms with Crippen LogP contribution in [0, 0.1) is 0 Å². The van der Waals surface area contributed by atoms with Gasteiger partial charge in [-0.3, -0.25) is 0 Å². The van der Waals surface area contributed by atoms with E-state index in [4.69, 9.17) is 24.6 Å². The molecule has 142 valence electrons. The summed E-state index contributed by atoms with van der Waals surface area (Å²) in [6.45, 7) is 0. The topological polar surface area (TPSA) is 76.9 Å². The Kier molecular flexibility index (Phi) is 4.79. The Morgan fingerprint density at radius 3 is 2.30 bits per heavy atom. The lowest BCUT2D eigenvalue weighted by Gasteiger charge is -2.08. The van der Waals surface area contributed by atoms with Crippen LogP contribution in [0.1, 0.15) is 0 Å². The van der Waals surface area contributed by atoms with Crippen LogP contribution in [0.3, 0.4) is 0 Å². The summed E-state index contributed by atoms with van der Waals surface area (Å²) in [6.07, 6.45) is 0. The molecule has 0 spiro atoms. The molecular formula is C17H12ClF3N2O3S. The fraction of sp³-hybridized carbons (Fsp3) is 0.118. The summed E-state index contributed by atoms with van der Waals surface area (Å²) < 4.78 is 61.1. The lowest BCUT2D eigenvalue weighted by Crippen LogP contribution is -2.29. The Hall–Kier alpha value is -2.36. The summed E-state index contributed by atoms with van der Waals surface area (Å²) in [6, 6.07) is 16.5. The van der Waals surface area contributed by atoms with Gasteiger partial charge in [0.1, 0.15) is 12.6 Å². The molecule has 0 radical (unpaired) electrons. The van der Waals surface area contributed by atoms with Crippen molar-refractivity contribution >= 4 is 54.6 Å². The van der Waals surface area contributed by atoms with Crippen LogP contribution >= 0.6 is 11.6 Å². The van der Waals surface area contributed by atoms with E-state index < -0.39 is 15.6 Å². The van der Waals surface area contributed by atoms with Crippen molar-refractivity contribution in [3.8, 4) is 0 Å². The summed E-state index contributed by atoms with van der Waals surface area (Å²) in [5.74, 6) is 0. The van der Waals surface area contributed by atoms with Crippen molar-refractivity contribution in [2.45, 2.75) is 5.51 Å². The minimum atomic E-state index is -6.09. The van der Waals surface area contributed by atoms with E-state index >= 15 is 0 Å². The number of nitrogens with one attached hydrogen (secondary N) is 1. The maximum atomic E-state index is 10.7. The van der Waals surface area contributed by atoms with Crippen LogP contribution in [-0.2, 0) is 17.2 Å². The second kappa shape index (κ2) is 6.66. The lowest BCUT2D eigenvalue weighted by molar-refractivity contribution is -0.616. The van der Waals surface area contributed by atoms with Gasteiger partial charge in [0.25, 0.3) is 0 Å². The predicted octanol–water partition coefficient (Wildman–Crippen LogP) is 4.00. The van der Waals surface area contributed by atoms with Gasteiger partial charge in [-0.15, -0.1) is 0 Å². The molecule has 0 fully saturated rings. The smallest absolute Gasteiger partial charge is 0.485 e.